The van der Waals surface area contributed by atoms with Gasteiger partial charge in [-0.25, -0.2) is 9.50 Å². The van der Waals surface area contributed by atoms with E-state index in [0.717, 1.165) is 0 Å². The van der Waals surface area contributed by atoms with E-state index in [1.54, 1.807) is 64.1 Å². The number of fused-ring (bicyclic) bond motifs is 1. The van der Waals surface area contributed by atoms with Crippen LogP contribution >= 0.6 is 8.09 Å². The molecule has 15 nitrogen and oxygen atoms in total. The van der Waals surface area contributed by atoms with Crippen molar-refractivity contribution in [3.05, 3.63) is 54.5 Å². The number of rotatable bonds is 12. The monoisotopic (exact) mass is 645 g/mol. The number of nitrogen functional groups attached to an aromatic ring is 1. The fourth-order valence-corrected chi connectivity index (χ4v) is 6.33. The number of hydrogen-bond donors (Lipinski definition) is 4. The van der Waals surface area contributed by atoms with Crippen molar-refractivity contribution in [2.24, 2.45) is 5.92 Å². The predicted molar refractivity (Wildman–Crippen MR) is 161 cm³/mol. The molecule has 0 aliphatic carbocycles. The third-order valence-electron chi connectivity index (χ3n) is 7.10. The highest BCUT2D eigenvalue weighted by Gasteiger charge is 2.68. The summed E-state index contributed by atoms with van der Waals surface area (Å²) in [6.07, 6.45) is -2.05. The number of nitrogens with zero attached hydrogens (tertiary/aromatic N) is 4. The van der Waals surface area contributed by atoms with Crippen LogP contribution in [0.3, 0.4) is 0 Å². The maximum absolute atomic E-state index is 12.8. The van der Waals surface area contributed by atoms with Crippen LogP contribution in [0.4, 0.5) is 5.82 Å². The number of carbonyl (C=O) groups is 2. The van der Waals surface area contributed by atoms with Gasteiger partial charge in [-0.1, -0.05) is 37.1 Å². The summed E-state index contributed by atoms with van der Waals surface area (Å²) in [5, 5.41) is 29.4. The first-order chi connectivity index (χ1) is 21.1. The predicted octanol–water partition coefficient (Wildman–Crippen LogP) is 2.44. The second-order valence-electron chi connectivity index (χ2n) is 11.3. The summed E-state index contributed by atoms with van der Waals surface area (Å²) in [6.45, 7) is 8.77. The number of nitriles is 1. The van der Waals surface area contributed by atoms with Gasteiger partial charge < -0.3 is 25.1 Å². The third-order valence-corrected chi connectivity index (χ3v) is 8.77. The van der Waals surface area contributed by atoms with Gasteiger partial charge in [0.05, 0.1) is 17.7 Å². The normalized spacial score (nSPS) is 25.1. The number of esters is 2. The minimum atomic E-state index is -4.15. The number of anilines is 1. The standard InChI is InChI=1S/C29H38N6O9P/c1-17(2)26(36)42-24-22(43-29(15-30,28(24,6)38)23-13-12-21-25(31)32-16-33-35(21)23)14-40-45(39,44-20-10-8-7-9-11-20)34-19(5)27(37)41-18(3)4/h7-13,16-19,22,24,34,38-39H,14H2,1-6H3,(H2,31,32,33)/q+1/t19-,22-,24-,28-,29+,45?/m1/s1. The molecular weight excluding hydrogens is 607 g/mol. The molecule has 1 aliphatic rings. The van der Waals surface area contributed by atoms with Crippen molar-refractivity contribution in [1.29, 1.82) is 5.26 Å². The van der Waals surface area contributed by atoms with Crippen molar-refractivity contribution >= 4 is 31.4 Å². The molecule has 1 unspecified atom stereocenters. The summed E-state index contributed by atoms with van der Waals surface area (Å²) in [6, 6.07) is 12.3. The molecule has 1 aromatic carbocycles. The molecule has 45 heavy (non-hydrogen) atoms. The highest BCUT2D eigenvalue weighted by molar-refractivity contribution is 7.58. The summed E-state index contributed by atoms with van der Waals surface area (Å²) < 4.78 is 30.2. The lowest BCUT2D eigenvalue weighted by Gasteiger charge is -2.34. The second-order valence-corrected chi connectivity index (χ2v) is 13.1. The van der Waals surface area contributed by atoms with Crippen LogP contribution in [0.5, 0.6) is 5.75 Å². The molecule has 0 bridgehead atoms. The molecule has 0 saturated carbocycles. The minimum absolute atomic E-state index is 0.0842. The highest BCUT2D eigenvalue weighted by Crippen LogP contribution is 2.55. The van der Waals surface area contributed by atoms with Gasteiger partial charge in [-0.15, -0.1) is 0 Å². The van der Waals surface area contributed by atoms with Crippen molar-refractivity contribution in [3.63, 3.8) is 0 Å². The van der Waals surface area contributed by atoms with E-state index in [4.69, 9.17) is 29.0 Å². The largest absolute Gasteiger partial charge is 0.544 e. The number of nitrogens with two attached hydrogens (primary N) is 1. The van der Waals surface area contributed by atoms with E-state index in [-0.39, 0.29) is 17.3 Å². The van der Waals surface area contributed by atoms with Crippen molar-refractivity contribution in [2.45, 2.75) is 77.1 Å². The highest BCUT2D eigenvalue weighted by atomic mass is 31.2. The summed E-state index contributed by atoms with van der Waals surface area (Å²) in [5.74, 6) is -1.61. The first kappa shape index (κ1) is 34.0. The van der Waals surface area contributed by atoms with Crippen LogP contribution in [0.2, 0.25) is 0 Å². The first-order valence-electron chi connectivity index (χ1n) is 14.2. The zero-order valence-corrected chi connectivity index (χ0v) is 26.7. The molecule has 16 heteroatoms. The summed E-state index contributed by atoms with van der Waals surface area (Å²) in [5.41, 5.74) is 2.07. The van der Waals surface area contributed by atoms with Gasteiger partial charge in [-0.2, -0.15) is 19.8 Å². The molecule has 5 N–H and O–H groups in total. The fraction of sp³-hybridized carbons (Fsp3) is 0.483. The minimum Gasteiger partial charge on any atom is -0.462 e. The van der Waals surface area contributed by atoms with E-state index in [0.29, 0.717) is 5.52 Å². The lowest BCUT2D eigenvalue weighted by Crippen LogP contribution is -2.54. The average molecular weight is 646 g/mol. The Labute approximate surface area is 260 Å². The number of aromatic nitrogens is 3. The number of carbonyl (C=O) groups excluding carboxylic acids is 2. The van der Waals surface area contributed by atoms with E-state index in [1.165, 1.54) is 30.8 Å². The van der Waals surface area contributed by atoms with E-state index in [1.807, 2.05) is 6.07 Å². The molecule has 242 valence electrons. The Kier molecular flexibility index (Phi) is 9.98. The van der Waals surface area contributed by atoms with Crippen molar-refractivity contribution in [2.75, 3.05) is 12.3 Å². The van der Waals surface area contributed by atoms with Crippen LogP contribution < -0.4 is 15.3 Å². The molecule has 0 spiro atoms. The molecule has 2 aromatic heterocycles. The van der Waals surface area contributed by atoms with Crippen LogP contribution in [0.15, 0.2) is 48.8 Å². The second kappa shape index (κ2) is 13.2. The van der Waals surface area contributed by atoms with E-state index < -0.39 is 68.1 Å². The Balaban J connectivity index is 1.72. The van der Waals surface area contributed by atoms with Crippen LogP contribution in [0.25, 0.3) is 5.52 Å². The number of nitrogens with one attached hydrogen (secondary N) is 1. The van der Waals surface area contributed by atoms with Gasteiger partial charge in [-0.05, 0) is 52.0 Å². The molecular formula is C29H38N6O9P+. The number of benzene rings is 1. The molecule has 1 saturated heterocycles. The molecule has 0 radical (unpaired) electrons. The molecule has 0 amide bonds. The van der Waals surface area contributed by atoms with Crippen LogP contribution in [0, 0.1) is 17.2 Å². The molecule has 3 heterocycles. The zero-order chi connectivity index (χ0) is 33.2. The SMILES string of the molecule is CC(C)OC(=O)[C@@H](C)N[P+](O)(OC[C@H]1O[C@@](C#N)(c2ccc3c(N)ncnn23)[C@](C)(O)[C@@H]1OC(=O)C(C)C)Oc1ccccc1. The van der Waals surface area contributed by atoms with E-state index in [2.05, 4.69) is 15.2 Å². The molecule has 1 fully saturated rings. The van der Waals surface area contributed by atoms with Gasteiger partial charge in [-0.3, -0.25) is 14.1 Å². The van der Waals surface area contributed by atoms with Crippen LogP contribution in [-0.4, -0.2) is 73.1 Å². The lowest BCUT2D eigenvalue weighted by atomic mass is 9.80. The lowest BCUT2D eigenvalue weighted by molar-refractivity contribution is -0.168. The van der Waals surface area contributed by atoms with Gasteiger partial charge in [0.25, 0.3) is 0 Å². The number of hydrogen-bond acceptors (Lipinski definition) is 14. The van der Waals surface area contributed by atoms with Crippen LogP contribution in [-0.2, 0) is 33.9 Å². The van der Waals surface area contributed by atoms with Crippen molar-refractivity contribution < 1.29 is 42.8 Å². The van der Waals surface area contributed by atoms with Gasteiger partial charge in [0.2, 0.25) is 5.60 Å². The molecule has 3 aromatic rings. The first-order valence-corrected chi connectivity index (χ1v) is 15.8. The molecule has 6 atom stereocenters. The molecule has 1 aliphatic heterocycles. The number of aliphatic hydroxyl groups is 1. The van der Waals surface area contributed by atoms with Gasteiger partial charge in [0.1, 0.15) is 42.3 Å². The van der Waals surface area contributed by atoms with Gasteiger partial charge in [0, 0.05) is 0 Å². The summed E-state index contributed by atoms with van der Waals surface area (Å²) in [7, 11) is -4.15. The Morgan fingerprint density at radius 2 is 1.87 bits per heavy atom. The summed E-state index contributed by atoms with van der Waals surface area (Å²) in [4.78, 5) is 41.0. The Morgan fingerprint density at radius 1 is 1.18 bits per heavy atom. The summed E-state index contributed by atoms with van der Waals surface area (Å²) >= 11 is 0. The third kappa shape index (κ3) is 6.86. The zero-order valence-electron chi connectivity index (χ0n) is 25.8. The topological polar surface area (TPSA) is 213 Å². The number of ether oxygens (including phenoxy) is 3. The average Bonchev–Trinajstić information content (AvgIpc) is 3.50. The van der Waals surface area contributed by atoms with Crippen molar-refractivity contribution in [3.8, 4) is 11.8 Å². The quantitative estimate of drug-likeness (QED) is 0.165. The van der Waals surface area contributed by atoms with Crippen molar-refractivity contribution in [1.82, 2.24) is 19.7 Å². The van der Waals surface area contributed by atoms with Gasteiger partial charge in [0.15, 0.2) is 17.7 Å². The smallest absolute Gasteiger partial charge is 0.462 e. The molecule has 4 rings (SSSR count). The van der Waals surface area contributed by atoms with E-state index in [9.17, 15) is 24.9 Å². The maximum atomic E-state index is 12.8. The van der Waals surface area contributed by atoms with E-state index >= 15 is 0 Å². The Hall–Kier alpha value is -3.90. The van der Waals surface area contributed by atoms with Crippen LogP contribution in [0.1, 0.15) is 47.2 Å². The number of para-hydroxylation sites is 1. The maximum Gasteiger partial charge on any atom is 0.544 e. The Morgan fingerprint density at radius 3 is 2.49 bits per heavy atom. The Bertz CT molecular complexity index is 1560. The fourth-order valence-electron chi connectivity index (χ4n) is 4.80. The van der Waals surface area contributed by atoms with Gasteiger partial charge >= 0.3 is 20.0 Å².